The Hall–Kier alpha value is -1.35. The molecule has 1 aromatic rings. The van der Waals surface area contributed by atoms with E-state index in [4.69, 9.17) is 10.5 Å². The van der Waals surface area contributed by atoms with Crippen LogP contribution in [0.4, 0.5) is 0 Å². The van der Waals surface area contributed by atoms with Gasteiger partial charge in [-0.05, 0) is 12.0 Å². The van der Waals surface area contributed by atoms with Gasteiger partial charge < -0.3 is 10.5 Å². The Morgan fingerprint density at radius 1 is 1.38 bits per heavy atom. The highest BCUT2D eigenvalue weighted by Gasteiger charge is 2.13. The van der Waals surface area contributed by atoms with Crippen molar-refractivity contribution in [2.75, 3.05) is 0 Å². The molecule has 0 saturated heterocycles. The summed E-state index contributed by atoms with van der Waals surface area (Å²) in [5.41, 5.74) is 6.68. The van der Waals surface area contributed by atoms with Gasteiger partial charge in [-0.1, -0.05) is 50.1 Å². The molecule has 88 valence electrons. The van der Waals surface area contributed by atoms with E-state index in [1.54, 1.807) is 0 Å². The van der Waals surface area contributed by atoms with Crippen LogP contribution in [0.1, 0.15) is 31.7 Å². The van der Waals surface area contributed by atoms with Gasteiger partial charge in [0.05, 0.1) is 0 Å². The van der Waals surface area contributed by atoms with E-state index >= 15 is 0 Å². The normalized spacial score (nSPS) is 12.1. The Morgan fingerprint density at radius 2 is 2.06 bits per heavy atom. The lowest BCUT2D eigenvalue weighted by Gasteiger charge is -2.10. The van der Waals surface area contributed by atoms with Crippen LogP contribution in [0.3, 0.4) is 0 Å². The van der Waals surface area contributed by atoms with Crippen molar-refractivity contribution >= 4 is 5.97 Å². The molecular weight excluding hydrogens is 202 g/mol. The first-order valence-corrected chi connectivity index (χ1v) is 5.70. The Kier molecular flexibility index (Phi) is 5.57. The summed E-state index contributed by atoms with van der Waals surface area (Å²) in [5.74, 6) is -0.308. The van der Waals surface area contributed by atoms with E-state index in [9.17, 15) is 4.79 Å². The lowest BCUT2D eigenvalue weighted by Crippen LogP contribution is -2.32. The molecule has 3 heteroatoms. The fourth-order valence-corrected chi connectivity index (χ4v) is 1.38. The minimum absolute atomic E-state index is 0.305. The molecule has 0 bridgehead atoms. The van der Waals surface area contributed by atoms with E-state index in [2.05, 4.69) is 6.92 Å². The molecule has 0 aliphatic carbocycles. The maximum absolute atomic E-state index is 11.5. The standard InChI is InChI=1S/C13H19NO2/c1-2-3-9-12(14)13(15)16-10-11-7-5-4-6-8-11/h4-8,12H,2-3,9-10,14H2,1H3/t12-/m0/s1. The lowest BCUT2D eigenvalue weighted by molar-refractivity contribution is -0.146. The molecular formula is C13H19NO2. The van der Waals surface area contributed by atoms with Crippen LogP contribution in [0.2, 0.25) is 0 Å². The molecule has 3 nitrogen and oxygen atoms in total. The summed E-state index contributed by atoms with van der Waals surface area (Å²) in [6, 6.07) is 9.12. The van der Waals surface area contributed by atoms with Gasteiger partial charge in [0.1, 0.15) is 12.6 Å². The molecule has 1 atom stereocenters. The third-order valence-corrected chi connectivity index (χ3v) is 2.40. The topological polar surface area (TPSA) is 52.3 Å². The largest absolute Gasteiger partial charge is 0.460 e. The molecule has 0 fully saturated rings. The van der Waals surface area contributed by atoms with Gasteiger partial charge in [0.25, 0.3) is 0 Å². The first kappa shape index (κ1) is 12.7. The number of hydrogen-bond donors (Lipinski definition) is 1. The second-order valence-corrected chi connectivity index (χ2v) is 3.84. The highest BCUT2D eigenvalue weighted by Crippen LogP contribution is 2.04. The summed E-state index contributed by atoms with van der Waals surface area (Å²) in [6.45, 7) is 2.38. The Bertz CT molecular complexity index is 311. The van der Waals surface area contributed by atoms with E-state index in [-0.39, 0.29) is 5.97 Å². The first-order chi connectivity index (χ1) is 7.74. The predicted molar refractivity (Wildman–Crippen MR) is 63.7 cm³/mol. The quantitative estimate of drug-likeness (QED) is 0.749. The molecule has 0 aromatic heterocycles. The Labute approximate surface area is 96.6 Å². The van der Waals surface area contributed by atoms with Crippen LogP contribution in [-0.4, -0.2) is 12.0 Å². The highest BCUT2D eigenvalue weighted by atomic mass is 16.5. The van der Waals surface area contributed by atoms with E-state index in [0.29, 0.717) is 13.0 Å². The number of ether oxygens (including phenoxy) is 1. The van der Waals surface area contributed by atoms with Gasteiger partial charge in [-0.2, -0.15) is 0 Å². The van der Waals surface area contributed by atoms with E-state index in [1.165, 1.54) is 0 Å². The minimum atomic E-state index is -0.483. The monoisotopic (exact) mass is 221 g/mol. The number of unbranched alkanes of at least 4 members (excludes halogenated alkanes) is 1. The van der Waals surface area contributed by atoms with Crippen LogP contribution in [-0.2, 0) is 16.1 Å². The van der Waals surface area contributed by atoms with Crippen LogP contribution >= 0.6 is 0 Å². The van der Waals surface area contributed by atoms with Crippen molar-refractivity contribution in [3.05, 3.63) is 35.9 Å². The summed E-state index contributed by atoms with van der Waals surface area (Å²) < 4.78 is 5.12. The first-order valence-electron chi connectivity index (χ1n) is 5.70. The zero-order chi connectivity index (χ0) is 11.8. The average Bonchev–Trinajstić information content (AvgIpc) is 2.34. The molecule has 0 heterocycles. The third kappa shape index (κ3) is 4.45. The van der Waals surface area contributed by atoms with Gasteiger partial charge in [-0.25, -0.2) is 0 Å². The van der Waals surface area contributed by atoms with Crippen LogP contribution in [0.25, 0.3) is 0 Å². The molecule has 0 unspecified atom stereocenters. The van der Waals surface area contributed by atoms with Crippen LogP contribution < -0.4 is 5.73 Å². The summed E-state index contributed by atoms with van der Waals surface area (Å²) in [7, 11) is 0. The molecule has 0 saturated carbocycles. The highest BCUT2D eigenvalue weighted by molar-refractivity contribution is 5.75. The van der Waals surface area contributed by atoms with Crippen LogP contribution in [0, 0.1) is 0 Å². The molecule has 0 aliphatic rings. The van der Waals surface area contributed by atoms with Crippen molar-refractivity contribution < 1.29 is 9.53 Å². The number of carbonyl (C=O) groups excluding carboxylic acids is 1. The lowest BCUT2D eigenvalue weighted by atomic mass is 10.1. The van der Waals surface area contributed by atoms with Gasteiger partial charge in [0.2, 0.25) is 0 Å². The number of rotatable bonds is 6. The zero-order valence-corrected chi connectivity index (χ0v) is 9.69. The van der Waals surface area contributed by atoms with Gasteiger partial charge in [0.15, 0.2) is 0 Å². The maximum atomic E-state index is 11.5. The number of nitrogens with two attached hydrogens (primary N) is 1. The smallest absolute Gasteiger partial charge is 0.323 e. The zero-order valence-electron chi connectivity index (χ0n) is 9.69. The van der Waals surface area contributed by atoms with Crippen molar-refractivity contribution in [2.45, 2.75) is 38.8 Å². The van der Waals surface area contributed by atoms with Crippen molar-refractivity contribution in [3.63, 3.8) is 0 Å². The van der Waals surface area contributed by atoms with Crippen molar-refractivity contribution in [2.24, 2.45) is 5.73 Å². The van der Waals surface area contributed by atoms with Crippen LogP contribution in [0.5, 0.6) is 0 Å². The molecule has 16 heavy (non-hydrogen) atoms. The molecule has 0 amide bonds. The Balaban J connectivity index is 2.29. The number of esters is 1. The van der Waals surface area contributed by atoms with Crippen molar-refractivity contribution in [1.82, 2.24) is 0 Å². The van der Waals surface area contributed by atoms with Crippen LogP contribution in [0.15, 0.2) is 30.3 Å². The number of carbonyl (C=O) groups is 1. The minimum Gasteiger partial charge on any atom is -0.460 e. The van der Waals surface area contributed by atoms with Gasteiger partial charge in [-0.15, -0.1) is 0 Å². The molecule has 0 radical (unpaired) electrons. The Morgan fingerprint density at radius 3 is 2.69 bits per heavy atom. The fourth-order valence-electron chi connectivity index (χ4n) is 1.38. The van der Waals surface area contributed by atoms with Gasteiger partial charge in [0, 0.05) is 0 Å². The second-order valence-electron chi connectivity index (χ2n) is 3.84. The molecule has 0 spiro atoms. The average molecular weight is 221 g/mol. The summed E-state index contributed by atoms with van der Waals surface area (Å²) in [6.07, 6.45) is 2.70. The van der Waals surface area contributed by atoms with Gasteiger partial charge >= 0.3 is 5.97 Å². The molecule has 2 N–H and O–H groups in total. The fraction of sp³-hybridized carbons (Fsp3) is 0.462. The third-order valence-electron chi connectivity index (χ3n) is 2.40. The second kappa shape index (κ2) is 7.01. The number of hydrogen-bond acceptors (Lipinski definition) is 3. The predicted octanol–water partition coefficient (Wildman–Crippen LogP) is 2.25. The SMILES string of the molecule is CCCC[C@H](N)C(=O)OCc1ccccc1. The van der Waals surface area contributed by atoms with Crippen molar-refractivity contribution in [1.29, 1.82) is 0 Å². The molecule has 1 aromatic carbocycles. The maximum Gasteiger partial charge on any atom is 0.323 e. The molecule has 1 rings (SSSR count). The van der Waals surface area contributed by atoms with Gasteiger partial charge in [-0.3, -0.25) is 4.79 Å². The van der Waals surface area contributed by atoms with Crippen molar-refractivity contribution in [3.8, 4) is 0 Å². The number of benzene rings is 1. The van der Waals surface area contributed by atoms with E-state index in [1.807, 2.05) is 30.3 Å². The summed E-state index contributed by atoms with van der Waals surface area (Å²) in [5, 5.41) is 0. The van der Waals surface area contributed by atoms with E-state index in [0.717, 1.165) is 18.4 Å². The molecule has 0 aliphatic heterocycles. The summed E-state index contributed by atoms with van der Waals surface area (Å²) >= 11 is 0. The summed E-state index contributed by atoms with van der Waals surface area (Å²) in [4.78, 5) is 11.5. The van der Waals surface area contributed by atoms with E-state index < -0.39 is 6.04 Å².